The van der Waals surface area contributed by atoms with Gasteiger partial charge in [0.2, 0.25) is 11.8 Å². The van der Waals surface area contributed by atoms with Gasteiger partial charge in [-0.15, -0.1) is 0 Å². The number of carbonyl (C=O) groups excluding carboxylic acids is 2. The first-order valence-corrected chi connectivity index (χ1v) is 8.74. The molecule has 0 aliphatic carbocycles. The maximum absolute atomic E-state index is 13.0. The fourth-order valence-corrected chi connectivity index (χ4v) is 3.24. The largest absolute Gasteiger partial charge is 0.433 e. The summed E-state index contributed by atoms with van der Waals surface area (Å²) in [6, 6.07) is 0.965. The van der Waals surface area contributed by atoms with Crippen molar-refractivity contribution in [1.29, 1.82) is 0 Å². The number of nitrogens with zero attached hydrogens (tertiary/aromatic N) is 2. The molecular formula is C18H24F3N3O2. The number of piperidine rings is 1. The first-order chi connectivity index (χ1) is 12.2. The Hall–Kier alpha value is -2.12. The van der Waals surface area contributed by atoms with Gasteiger partial charge in [-0.2, -0.15) is 13.2 Å². The molecule has 1 atom stereocenters. The van der Waals surface area contributed by atoms with E-state index in [4.69, 9.17) is 0 Å². The van der Waals surface area contributed by atoms with Crippen molar-refractivity contribution in [2.45, 2.75) is 51.1 Å². The second-order valence-corrected chi connectivity index (χ2v) is 6.64. The van der Waals surface area contributed by atoms with Crippen LogP contribution in [0.5, 0.6) is 0 Å². The lowest BCUT2D eigenvalue weighted by molar-refractivity contribution is -0.141. The molecule has 1 N–H and O–H groups in total. The van der Waals surface area contributed by atoms with Crippen LogP contribution in [-0.4, -0.2) is 41.8 Å². The van der Waals surface area contributed by atoms with Gasteiger partial charge in [0.05, 0.1) is 0 Å². The van der Waals surface area contributed by atoms with Crippen molar-refractivity contribution in [3.05, 3.63) is 29.1 Å². The highest BCUT2D eigenvalue weighted by Crippen LogP contribution is 2.33. The lowest BCUT2D eigenvalue weighted by Crippen LogP contribution is -2.36. The molecule has 1 unspecified atom stereocenters. The Balaban J connectivity index is 2.29. The van der Waals surface area contributed by atoms with Crippen LogP contribution in [0, 0.1) is 6.92 Å². The van der Waals surface area contributed by atoms with Gasteiger partial charge in [0.25, 0.3) is 0 Å². The minimum atomic E-state index is -4.57. The molecule has 1 saturated heterocycles. The fourth-order valence-electron chi connectivity index (χ4n) is 3.24. The molecule has 1 aromatic heterocycles. The highest BCUT2D eigenvalue weighted by atomic mass is 19.4. The molecule has 0 aromatic carbocycles. The van der Waals surface area contributed by atoms with E-state index in [1.165, 1.54) is 7.05 Å². The molecule has 2 heterocycles. The van der Waals surface area contributed by atoms with E-state index in [1.807, 2.05) is 0 Å². The summed E-state index contributed by atoms with van der Waals surface area (Å²) in [6.45, 7) is 2.97. The van der Waals surface area contributed by atoms with Crippen molar-refractivity contribution in [3.8, 4) is 0 Å². The van der Waals surface area contributed by atoms with E-state index in [9.17, 15) is 22.8 Å². The Morgan fingerprint density at radius 1 is 1.23 bits per heavy atom. The Morgan fingerprint density at radius 2 is 1.88 bits per heavy atom. The predicted molar refractivity (Wildman–Crippen MR) is 90.4 cm³/mol. The van der Waals surface area contributed by atoms with Crippen molar-refractivity contribution in [2.75, 3.05) is 20.1 Å². The Labute approximate surface area is 151 Å². The summed E-state index contributed by atoms with van der Waals surface area (Å²) in [5, 5.41) is 2.48. The van der Waals surface area contributed by atoms with Crippen LogP contribution in [0.3, 0.4) is 0 Å². The minimum Gasteiger partial charge on any atom is -0.359 e. The van der Waals surface area contributed by atoms with Gasteiger partial charge < -0.3 is 10.2 Å². The number of nitrogens with one attached hydrogen (secondary N) is 1. The number of hydrogen-bond donors (Lipinski definition) is 1. The third kappa shape index (κ3) is 5.19. The van der Waals surface area contributed by atoms with E-state index in [-0.39, 0.29) is 24.7 Å². The maximum atomic E-state index is 13.0. The monoisotopic (exact) mass is 371 g/mol. The van der Waals surface area contributed by atoms with Crippen molar-refractivity contribution in [3.63, 3.8) is 0 Å². The predicted octanol–water partition coefficient (Wildman–Crippen LogP) is 3.03. The van der Waals surface area contributed by atoms with Crippen LogP contribution in [0.25, 0.3) is 0 Å². The Kier molecular flexibility index (Phi) is 6.61. The fraction of sp³-hybridized carbons (Fsp3) is 0.611. The number of likely N-dealkylation sites (tertiary alicyclic amines) is 1. The number of hydrogen-bond acceptors (Lipinski definition) is 3. The molecule has 1 aliphatic heterocycles. The van der Waals surface area contributed by atoms with Crippen LogP contribution in [0.2, 0.25) is 0 Å². The number of halogens is 3. The van der Waals surface area contributed by atoms with Gasteiger partial charge in [0.1, 0.15) is 5.69 Å². The number of alkyl halides is 3. The molecular weight excluding hydrogens is 347 g/mol. The van der Waals surface area contributed by atoms with Crippen LogP contribution in [0.15, 0.2) is 12.3 Å². The molecule has 8 heteroatoms. The topological polar surface area (TPSA) is 62.3 Å². The number of aryl methyl sites for hydroxylation is 1. The summed E-state index contributed by atoms with van der Waals surface area (Å²) < 4.78 is 39.1. The lowest BCUT2D eigenvalue weighted by Gasteiger charge is -2.29. The molecule has 26 heavy (non-hydrogen) atoms. The molecule has 1 fully saturated rings. The van der Waals surface area contributed by atoms with Crippen LogP contribution < -0.4 is 5.32 Å². The highest BCUT2D eigenvalue weighted by Gasteiger charge is 2.34. The summed E-state index contributed by atoms with van der Waals surface area (Å²) >= 11 is 0. The van der Waals surface area contributed by atoms with Crippen molar-refractivity contribution < 1.29 is 22.8 Å². The maximum Gasteiger partial charge on any atom is 0.433 e. The molecule has 2 amide bonds. The van der Waals surface area contributed by atoms with Gasteiger partial charge in [-0.05, 0) is 43.4 Å². The van der Waals surface area contributed by atoms with Gasteiger partial charge in [-0.25, -0.2) is 0 Å². The Morgan fingerprint density at radius 3 is 2.46 bits per heavy atom. The quantitative estimate of drug-likeness (QED) is 0.865. The average molecular weight is 371 g/mol. The number of amides is 2. The third-order valence-corrected chi connectivity index (χ3v) is 4.72. The summed E-state index contributed by atoms with van der Waals surface area (Å²) in [7, 11) is 1.46. The van der Waals surface area contributed by atoms with E-state index in [1.54, 1.807) is 11.8 Å². The van der Waals surface area contributed by atoms with Gasteiger partial charge >= 0.3 is 6.18 Å². The van der Waals surface area contributed by atoms with Crippen LogP contribution in [-0.2, 0) is 15.8 Å². The van der Waals surface area contributed by atoms with Crippen LogP contribution >= 0.6 is 0 Å². The number of pyridine rings is 1. The molecule has 0 spiro atoms. The molecule has 2 rings (SSSR count). The van der Waals surface area contributed by atoms with E-state index in [0.29, 0.717) is 24.2 Å². The van der Waals surface area contributed by atoms with Crippen molar-refractivity contribution in [1.82, 2.24) is 15.2 Å². The second-order valence-electron chi connectivity index (χ2n) is 6.64. The van der Waals surface area contributed by atoms with Crippen molar-refractivity contribution in [2.24, 2.45) is 0 Å². The molecule has 0 saturated carbocycles. The first-order valence-electron chi connectivity index (χ1n) is 8.74. The Bertz CT molecular complexity index is 656. The molecule has 144 valence electrons. The minimum absolute atomic E-state index is 0.00949. The van der Waals surface area contributed by atoms with Gasteiger partial charge in [0, 0.05) is 45.1 Å². The summed E-state index contributed by atoms with van der Waals surface area (Å²) in [6.07, 6.45) is -0.522. The third-order valence-electron chi connectivity index (χ3n) is 4.72. The zero-order chi connectivity index (χ0) is 19.3. The summed E-state index contributed by atoms with van der Waals surface area (Å²) in [4.78, 5) is 29.7. The first kappa shape index (κ1) is 20.2. The molecule has 0 radical (unpaired) electrons. The number of aromatic nitrogens is 1. The number of rotatable bonds is 5. The number of carbonyl (C=O) groups is 2. The second kappa shape index (κ2) is 8.51. The van der Waals surface area contributed by atoms with E-state index in [2.05, 4.69) is 10.3 Å². The SMILES string of the molecule is CNC(=O)CC(CC(=O)N1CCCCC1)c1cc(C(F)(F)F)ncc1C. The zero-order valence-electron chi connectivity index (χ0n) is 15.0. The van der Waals surface area contributed by atoms with E-state index < -0.39 is 17.8 Å². The van der Waals surface area contributed by atoms with Crippen molar-refractivity contribution >= 4 is 11.8 Å². The van der Waals surface area contributed by atoms with E-state index >= 15 is 0 Å². The summed E-state index contributed by atoms with van der Waals surface area (Å²) in [5.41, 5.74) is -0.120. The normalized spacial score (nSPS) is 16.3. The van der Waals surface area contributed by atoms with Gasteiger partial charge in [0.15, 0.2) is 0 Å². The molecule has 1 aliphatic rings. The summed E-state index contributed by atoms with van der Waals surface area (Å²) in [5.74, 6) is -1.05. The van der Waals surface area contributed by atoms with Gasteiger partial charge in [-0.3, -0.25) is 14.6 Å². The van der Waals surface area contributed by atoms with Crippen LogP contribution in [0.4, 0.5) is 13.2 Å². The molecule has 5 nitrogen and oxygen atoms in total. The van der Waals surface area contributed by atoms with E-state index in [0.717, 1.165) is 31.5 Å². The van der Waals surface area contributed by atoms with Crippen LogP contribution in [0.1, 0.15) is 54.8 Å². The molecule has 1 aromatic rings. The smallest absolute Gasteiger partial charge is 0.359 e. The zero-order valence-corrected chi connectivity index (χ0v) is 15.0. The molecule has 0 bridgehead atoms. The average Bonchev–Trinajstić information content (AvgIpc) is 2.61. The highest BCUT2D eigenvalue weighted by molar-refractivity contribution is 5.80. The van der Waals surface area contributed by atoms with Gasteiger partial charge in [-0.1, -0.05) is 0 Å². The lowest BCUT2D eigenvalue weighted by atomic mass is 9.88. The standard InChI is InChI=1S/C18H24F3N3O2/c1-12-11-23-15(18(19,20)21)10-14(12)13(8-16(25)22-2)9-17(26)24-6-4-3-5-7-24/h10-11,13H,3-9H2,1-2H3,(H,22,25).